The van der Waals surface area contributed by atoms with E-state index in [1.165, 1.54) is 12.1 Å². The zero-order valence-electron chi connectivity index (χ0n) is 10.8. The van der Waals surface area contributed by atoms with Crippen LogP contribution in [0.25, 0.3) is 0 Å². The Bertz CT molecular complexity index is 531. The highest BCUT2D eigenvalue weighted by Gasteiger charge is 2.50. The van der Waals surface area contributed by atoms with Crippen molar-refractivity contribution in [1.29, 1.82) is 0 Å². The Labute approximate surface area is 111 Å². The summed E-state index contributed by atoms with van der Waals surface area (Å²) in [5.41, 5.74) is 2.55. The van der Waals surface area contributed by atoms with E-state index in [0.29, 0.717) is 23.4 Å². The molecule has 2 atom stereocenters. The van der Waals surface area contributed by atoms with Gasteiger partial charge in [-0.3, -0.25) is 4.68 Å². The van der Waals surface area contributed by atoms with Crippen molar-refractivity contribution in [3.8, 4) is 0 Å². The predicted molar refractivity (Wildman–Crippen MR) is 67.3 cm³/mol. The second-order valence-corrected chi connectivity index (χ2v) is 6.06. The third kappa shape index (κ3) is 1.79. The van der Waals surface area contributed by atoms with E-state index in [9.17, 15) is 9.90 Å². The number of nitrogens with zero attached hydrogens (tertiary/aromatic N) is 2. The molecule has 0 radical (unpaired) electrons. The molecule has 0 aromatic carbocycles. The minimum Gasteiger partial charge on any atom is -0.476 e. The van der Waals surface area contributed by atoms with Gasteiger partial charge in [0, 0.05) is 36.9 Å². The maximum absolute atomic E-state index is 11.3. The molecule has 1 aromatic rings. The van der Waals surface area contributed by atoms with Crippen molar-refractivity contribution in [2.45, 2.75) is 38.1 Å². The lowest BCUT2D eigenvalue weighted by atomic mass is 10.0. The van der Waals surface area contributed by atoms with Gasteiger partial charge in [-0.05, 0) is 37.5 Å². The van der Waals surface area contributed by atoms with Gasteiger partial charge in [0.15, 0.2) is 5.69 Å². The number of carboxylic acid groups (broad SMARTS) is 1. The van der Waals surface area contributed by atoms with Gasteiger partial charge in [0.1, 0.15) is 0 Å². The predicted octanol–water partition coefficient (Wildman–Crippen LogP) is 1.67. The number of ether oxygens (including phenoxy) is 1. The average Bonchev–Trinajstić information content (AvgIpc) is 2.92. The topological polar surface area (TPSA) is 64.3 Å². The summed E-state index contributed by atoms with van der Waals surface area (Å²) in [7, 11) is 0. The lowest BCUT2D eigenvalue weighted by molar-refractivity contribution is 0.0594. The summed E-state index contributed by atoms with van der Waals surface area (Å²) >= 11 is 0. The van der Waals surface area contributed by atoms with Gasteiger partial charge in [0.05, 0.1) is 0 Å². The van der Waals surface area contributed by atoms with Crippen LogP contribution in [0.3, 0.4) is 0 Å². The van der Waals surface area contributed by atoms with Gasteiger partial charge >= 0.3 is 5.97 Å². The summed E-state index contributed by atoms with van der Waals surface area (Å²) in [6.07, 6.45) is 4.28. The number of aromatic nitrogens is 2. The van der Waals surface area contributed by atoms with E-state index in [2.05, 4.69) is 5.10 Å². The number of carboxylic acids is 1. The molecular weight excluding hydrogens is 244 g/mol. The summed E-state index contributed by atoms with van der Waals surface area (Å²) in [5, 5.41) is 13.7. The third-order valence-electron chi connectivity index (χ3n) is 4.81. The Kier molecular flexibility index (Phi) is 2.45. The van der Waals surface area contributed by atoms with Crippen LogP contribution in [0, 0.1) is 11.8 Å². The molecule has 1 N–H and O–H groups in total. The molecule has 0 spiro atoms. The van der Waals surface area contributed by atoms with E-state index in [1.807, 2.05) is 4.68 Å². The maximum Gasteiger partial charge on any atom is 0.356 e. The summed E-state index contributed by atoms with van der Waals surface area (Å²) in [6.45, 7) is 2.51. The highest BCUT2D eigenvalue weighted by atomic mass is 16.5. The van der Waals surface area contributed by atoms with Crippen LogP contribution in [-0.2, 0) is 17.7 Å². The molecule has 5 nitrogen and oxygen atoms in total. The highest BCUT2D eigenvalue weighted by Crippen LogP contribution is 2.57. The molecule has 1 aromatic heterocycles. The number of aromatic carboxylic acids is 1. The van der Waals surface area contributed by atoms with Gasteiger partial charge in [-0.2, -0.15) is 5.10 Å². The van der Waals surface area contributed by atoms with Crippen LogP contribution in [0.1, 0.15) is 46.9 Å². The first kappa shape index (κ1) is 11.5. The van der Waals surface area contributed by atoms with Gasteiger partial charge in [0.2, 0.25) is 0 Å². The van der Waals surface area contributed by atoms with E-state index < -0.39 is 5.97 Å². The Balaban J connectivity index is 1.64. The number of rotatable bonds is 3. The number of carbonyl (C=O) groups is 1. The van der Waals surface area contributed by atoms with Crippen molar-refractivity contribution in [3.05, 3.63) is 17.0 Å². The normalized spacial score (nSPS) is 29.1. The molecule has 19 heavy (non-hydrogen) atoms. The SMILES string of the molecule is O=C(O)c1nn(CC2CCOCC2)c2c1C[C@H]1C[C@@H]21. The molecule has 0 amide bonds. The molecule has 2 aliphatic carbocycles. The summed E-state index contributed by atoms with van der Waals surface area (Å²) in [6, 6.07) is 0. The van der Waals surface area contributed by atoms with Crippen LogP contribution in [0.2, 0.25) is 0 Å². The minimum absolute atomic E-state index is 0.300. The fourth-order valence-electron chi connectivity index (χ4n) is 3.68. The molecule has 102 valence electrons. The van der Waals surface area contributed by atoms with Crippen molar-refractivity contribution in [3.63, 3.8) is 0 Å². The van der Waals surface area contributed by atoms with E-state index in [4.69, 9.17) is 4.74 Å². The molecule has 4 rings (SSSR count). The zero-order chi connectivity index (χ0) is 13.0. The summed E-state index contributed by atoms with van der Waals surface area (Å²) in [4.78, 5) is 11.3. The molecule has 1 aliphatic heterocycles. The van der Waals surface area contributed by atoms with Crippen LogP contribution in [0.5, 0.6) is 0 Å². The lowest BCUT2D eigenvalue weighted by Gasteiger charge is -2.22. The largest absolute Gasteiger partial charge is 0.476 e. The molecule has 3 aliphatic rings. The number of hydrogen-bond acceptors (Lipinski definition) is 3. The van der Waals surface area contributed by atoms with Crippen LogP contribution in [-0.4, -0.2) is 34.1 Å². The standard InChI is InChI=1S/C14H18N2O3/c17-14(18)12-11-6-9-5-10(9)13(11)16(15-12)7-8-1-3-19-4-2-8/h8-10H,1-7H2,(H,17,18)/t9-,10-/m1/s1. The van der Waals surface area contributed by atoms with Crippen molar-refractivity contribution in [2.75, 3.05) is 13.2 Å². The fraction of sp³-hybridized carbons (Fsp3) is 0.714. The van der Waals surface area contributed by atoms with E-state index >= 15 is 0 Å². The molecule has 1 saturated carbocycles. The van der Waals surface area contributed by atoms with Crippen molar-refractivity contribution >= 4 is 5.97 Å². The smallest absolute Gasteiger partial charge is 0.356 e. The first-order valence-electron chi connectivity index (χ1n) is 7.14. The Morgan fingerprint density at radius 2 is 2.21 bits per heavy atom. The van der Waals surface area contributed by atoms with Gasteiger partial charge in [0.25, 0.3) is 0 Å². The first-order valence-corrected chi connectivity index (χ1v) is 7.14. The molecular formula is C14H18N2O3. The fourth-order valence-corrected chi connectivity index (χ4v) is 3.68. The van der Waals surface area contributed by atoms with E-state index in [-0.39, 0.29) is 0 Å². The van der Waals surface area contributed by atoms with Gasteiger partial charge in [-0.1, -0.05) is 0 Å². The number of fused-ring (bicyclic) bond motifs is 3. The van der Waals surface area contributed by atoms with Crippen molar-refractivity contribution in [1.82, 2.24) is 9.78 Å². The Morgan fingerprint density at radius 1 is 1.42 bits per heavy atom. The van der Waals surface area contributed by atoms with Crippen LogP contribution in [0.4, 0.5) is 0 Å². The molecule has 1 saturated heterocycles. The zero-order valence-corrected chi connectivity index (χ0v) is 10.8. The van der Waals surface area contributed by atoms with Crippen LogP contribution < -0.4 is 0 Å². The lowest BCUT2D eigenvalue weighted by Crippen LogP contribution is -2.22. The van der Waals surface area contributed by atoms with Crippen molar-refractivity contribution in [2.24, 2.45) is 11.8 Å². The molecule has 0 bridgehead atoms. The quantitative estimate of drug-likeness (QED) is 0.900. The first-order chi connectivity index (χ1) is 9.24. The summed E-state index contributed by atoms with van der Waals surface area (Å²) in [5.74, 6) is 1.00. The van der Waals surface area contributed by atoms with Gasteiger partial charge in [-0.25, -0.2) is 4.79 Å². The molecule has 2 heterocycles. The monoisotopic (exact) mass is 262 g/mol. The molecule has 2 fully saturated rings. The minimum atomic E-state index is -0.872. The Morgan fingerprint density at radius 3 is 2.95 bits per heavy atom. The summed E-state index contributed by atoms with van der Waals surface area (Å²) < 4.78 is 7.39. The second-order valence-electron chi connectivity index (χ2n) is 6.06. The average molecular weight is 262 g/mol. The molecule has 5 heteroatoms. The number of hydrogen-bond donors (Lipinski definition) is 1. The van der Waals surface area contributed by atoms with E-state index in [1.54, 1.807) is 0 Å². The third-order valence-corrected chi connectivity index (χ3v) is 4.81. The van der Waals surface area contributed by atoms with Gasteiger partial charge in [-0.15, -0.1) is 0 Å². The van der Waals surface area contributed by atoms with Gasteiger partial charge < -0.3 is 9.84 Å². The Hall–Kier alpha value is -1.36. The van der Waals surface area contributed by atoms with Crippen molar-refractivity contribution < 1.29 is 14.6 Å². The second kappa shape index (κ2) is 4.07. The molecule has 0 unspecified atom stereocenters. The van der Waals surface area contributed by atoms with Crippen LogP contribution >= 0.6 is 0 Å². The van der Waals surface area contributed by atoms with E-state index in [0.717, 1.165) is 44.6 Å². The highest BCUT2D eigenvalue weighted by molar-refractivity contribution is 5.88. The maximum atomic E-state index is 11.3. The van der Waals surface area contributed by atoms with Crippen LogP contribution in [0.15, 0.2) is 0 Å².